The molecule has 2 fully saturated rings. The molecule has 0 bridgehead atoms. The molecule has 0 unspecified atom stereocenters. The molecule has 3 aromatic rings. The third-order valence-corrected chi connectivity index (χ3v) is 8.58. The predicted molar refractivity (Wildman–Crippen MR) is 165 cm³/mol. The number of H-pyrrole nitrogens is 1. The van der Waals surface area contributed by atoms with Gasteiger partial charge in [0, 0.05) is 85.8 Å². The van der Waals surface area contributed by atoms with E-state index in [9.17, 15) is 9.59 Å². The van der Waals surface area contributed by atoms with Crippen LogP contribution in [-0.2, 0) is 14.9 Å². The zero-order chi connectivity index (χ0) is 29.6. The van der Waals surface area contributed by atoms with Crippen LogP contribution in [0.15, 0.2) is 35.3 Å². The van der Waals surface area contributed by atoms with Gasteiger partial charge in [-0.15, -0.1) is 5.92 Å². The molecular formula is C34H38N4O4. The minimum absolute atomic E-state index is 0.0284. The van der Waals surface area contributed by atoms with E-state index in [1.807, 2.05) is 52.1 Å². The van der Waals surface area contributed by atoms with Gasteiger partial charge in [-0.05, 0) is 69.9 Å². The van der Waals surface area contributed by atoms with Crippen LogP contribution in [-0.4, -0.2) is 80.0 Å². The largest absolute Gasteiger partial charge is 0.444 e. The minimum Gasteiger partial charge on any atom is -0.444 e. The number of amides is 1. The number of benzene rings is 2. The summed E-state index contributed by atoms with van der Waals surface area (Å²) in [6, 6.07) is 10.3. The number of hydrogen-bond acceptors (Lipinski definition) is 6. The van der Waals surface area contributed by atoms with Crippen LogP contribution in [0.3, 0.4) is 0 Å². The highest BCUT2D eigenvalue weighted by Crippen LogP contribution is 2.50. The average Bonchev–Trinajstić information content (AvgIpc) is 3.36. The van der Waals surface area contributed by atoms with Crippen LogP contribution >= 0.6 is 0 Å². The van der Waals surface area contributed by atoms with Crippen LogP contribution in [0, 0.1) is 11.8 Å². The van der Waals surface area contributed by atoms with Gasteiger partial charge in [-0.25, -0.2) is 4.79 Å². The highest BCUT2D eigenvalue weighted by atomic mass is 16.6. The quantitative estimate of drug-likeness (QED) is 0.337. The Hall–Kier alpha value is -4.09. The third-order valence-electron chi connectivity index (χ3n) is 8.58. The number of aromatic nitrogens is 1. The number of ether oxygens (including phenoxy) is 2. The van der Waals surface area contributed by atoms with Crippen molar-refractivity contribution in [2.24, 2.45) is 4.99 Å². The molecular weight excluding hydrogens is 528 g/mol. The maximum Gasteiger partial charge on any atom is 0.410 e. The molecule has 1 N–H and O–H groups in total. The van der Waals surface area contributed by atoms with Gasteiger partial charge < -0.3 is 24.3 Å². The van der Waals surface area contributed by atoms with Crippen molar-refractivity contribution in [3.05, 3.63) is 63.8 Å². The van der Waals surface area contributed by atoms with Crippen LogP contribution in [0.25, 0.3) is 10.9 Å². The summed E-state index contributed by atoms with van der Waals surface area (Å²) in [5.41, 5.74) is 6.36. The van der Waals surface area contributed by atoms with Gasteiger partial charge in [0.25, 0.3) is 0 Å². The molecule has 0 radical (unpaired) electrons. The Morgan fingerprint density at radius 3 is 2.52 bits per heavy atom. The normalized spacial score (nSPS) is 18.2. The zero-order valence-electron chi connectivity index (χ0n) is 25.1. The smallest absolute Gasteiger partial charge is 0.410 e. The van der Waals surface area contributed by atoms with E-state index in [1.54, 1.807) is 11.9 Å². The first-order valence-electron chi connectivity index (χ1n) is 14.7. The monoisotopic (exact) mass is 566 g/mol. The number of hydrogen-bond donors (Lipinski definition) is 1. The van der Waals surface area contributed by atoms with Gasteiger partial charge in [-0.1, -0.05) is 18.1 Å². The first kappa shape index (κ1) is 28.0. The van der Waals surface area contributed by atoms with Crippen molar-refractivity contribution < 1.29 is 19.1 Å². The highest BCUT2D eigenvalue weighted by Gasteiger charge is 2.47. The fourth-order valence-electron chi connectivity index (χ4n) is 6.67. The number of aliphatic imine (C=N–C) groups is 1. The van der Waals surface area contributed by atoms with Gasteiger partial charge in [0.05, 0.1) is 11.3 Å². The Morgan fingerprint density at radius 2 is 1.86 bits per heavy atom. The number of nitrogens with one attached hydrogen (secondary N) is 1. The summed E-state index contributed by atoms with van der Waals surface area (Å²) < 4.78 is 11.5. The van der Waals surface area contributed by atoms with Gasteiger partial charge in [-0.2, -0.15) is 0 Å². The van der Waals surface area contributed by atoms with E-state index in [2.05, 4.69) is 38.8 Å². The lowest BCUT2D eigenvalue weighted by Gasteiger charge is -2.43. The predicted octanol–water partition coefficient (Wildman–Crippen LogP) is 5.29. The lowest BCUT2D eigenvalue weighted by molar-refractivity contribution is 0.0240. The molecule has 1 aliphatic carbocycles. The number of ketones is 1. The molecule has 1 aromatic heterocycles. The van der Waals surface area contributed by atoms with Crippen molar-refractivity contribution in [1.29, 1.82) is 0 Å². The van der Waals surface area contributed by atoms with Gasteiger partial charge in [0.2, 0.25) is 0 Å². The van der Waals surface area contributed by atoms with E-state index < -0.39 is 5.60 Å². The van der Waals surface area contributed by atoms with E-state index in [1.165, 1.54) is 0 Å². The number of piperazine rings is 1. The Balaban J connectivity index is 1.44. The van der Waals surface area contributed by atoms with Gasteiger partial charge in [-0.3, -0.25) is 9.79 Å². The molecule has 3 aliphatic rings. The lowest BCUT2D eigenvalue weighted by atomic mass is 9.64. The first-order chi connectivity index (χ1) is 20.1. The second-order valence-corrected chi connectivity index (χ2v) is 12.3. The molecule has 2 aromatic carbocycles. The summed E-state index contributed by atoms with van der Waals surface area (Å²) in [6.45, 7) is 11.1. The molecule has 1 amide bonds. The second-order valence-electron chi connectivity index (χ2n) is 12.3. The van der Waals surface area contributed by atoms with Crippen molar-refractivity contribution in [2.45, 2.75) is 51.6 Å². The first-order valence-corrected chi connectivity index (χ1v) is 14.7. The Kier molecular flexibility index (Phi) is 7.10. The number of nitrogens with zero attached hydrogens (tertiary/aromatic N) is 3. The van der Waals surface area contributed by atoms with Crippen molar-refractivity contribution in [1.82, 2.24) is 9.88 Å². The average molecular weight is 567 g/mol. The number of anilines is 1. The van der Waals surface area contributed by atoms with Crippen molar-refractivity contribution in [3.63, 3.8) is 0 Å². The molecule has 3 heterocycles. The molecule has 8 nitrogen and oxygen atoms in total. The molecule has 2 aliphatic heterocycles. The van der Waals surface area contributed by atoms with Crippen LogP contribution in [0.2, 0.25) is 0 Å². The van der Waals surface area contributed by atoms with E-state index >= 15 is 0 Å². The van der Waals surface area contributed by atoms with Gasteiger partial charge >= 0.3 is 6.09 Å². The van der Waals surface area contributed by atoms with Crippen LogP contribution in [0.1, 0.15) is 78.8 Å². The van der Waals surface area contributed by atoms with E-state index in [4.69, 9.17) is 9.47 Å². The summed E-state index contributed by atoms with van der Waals surface area (Å²) in [4.78, 5) is 38.9. The van der Waals surface area contributed by atoms with Crippen LogP contribution < -0.4 is 4.90 Å². The number of rotatable bonds is 2. The summed E-state index contributed by atoms with van der Waals surface area (Å²) in [5.74, 6) is 6.37. The Morgan fingerprint density at radius 1 is 1.12 bits per heavy atom. The fraction of sp³-hybridized carbons (Fsp3) is 0.441. The standard InChI is InChI=1S/C34H38N4O4/c1-6-7-23-19-25-26(20-28(23)37-12-14-38(15-13-37)32(40)42-33(2,3)4)34(10-16-41-17-11-34)31-29(30(25)39)24-9-8-22(21-35-5)18-27(24)36-31/h8-9,18-21,36H,10-17H2,1-5H3/b35-21+. The topological polar surface area (TPSA) is 87.2 Å². The molecule has 8 heteroatoms. The lowest BCUT2D eigenvalue weighted by Crippen LogP contribution is -2.50. The van der Waals surface area contributed by atoms with Crippen molar-refractivity contribution in [2.75, 3.05) is 51.3 Å². The van der Waals surface area contributed by atoms with E-state index in [0.717, 1.165) is 62.9 Å². The summed E-state index contributed by atoms with van der Waals surface area (Å²) in [5, 5.41) is 0.935. The Bertz CT molecular complexity index is 1650. The van der Waals surface area contributed by atoms with Crippen molar-refractivity contribution >= 4 is 34.7 Å². The van der Waals surface area contributed by atoms with Gasteiger partial charge in [0.15, 0.2) is 5.78 Å². The molecule has 42 heavy (non-hydrogen) atoms. The van der Waals surface area contributed by atoms with Crippen molar-refractivity contribution in [3.8, 4) is 11.8 Å². The molecule has 0 atom stereocenters. The Labute approximate surface area is 247 Å². The fourth-order valence-corrected chi connectivity index (χ4v) is 6.67. The molecule has 1 spiro atoms. The molecule has 2 saturated heterocycles. The third kappa shape index (κ3) is 4.76. The summed E-state index contributed by atoms with van der Waals surface area (Å²) in [6.07, 6.45) is 3.10. The highest BCUT2D eigenvalue weighted by molar-refractivity contribution is 6.20. The zero-order valence-corrected chi connectivity index (χ0v) is 25.1. The maximum atomic E-state index is 14.3. The molecule has 0 saturated carbocycles. The van der Waals surface area contributed by atoms with E-state index in [-0.39, 0.29) is 17.3 Å². The molecule has 218 valence electrons. The second kappa shape index (κ2) is 10.6. The van der Waals surface area contributed by atoms with Crippen LogP contribution in [0.5, 0.6) is 0 Å². The number of fused-ring (bicyclic) bond motifs is 6. The number of carbonyl (C=O) groups is 2. The minimum atomic E-state index is -0.534. The SMILES string of the molecule is CC#Cc1cc2c(cc1N1CCN(C(=O)OC(C)(C)C)CC1)C1(CCOCC1)c1[nH]c3cc(/C=N/C)ccc3c1C2=O. The maximum absolute atomic E-state index is 14.3. The van der Waals surface area contributed by atoms with E-state index in [0.29, 0.717) is 39.4 Å². The number of aromatic amines is 1. The van der Waals surface area contributed by atoms with Crippen LogP contribution in [0.4, 0.5) is 10.5 Å². The summed E-state index contributed by atoms with van der Waals surface area (Å²) in [7, 11) is 1.76. The molecule has 6 rings (SSSR count). The summed E-state index contributed by atoms with van der Waals surface area (Å²) >= 11 is 0. The number of carbonyl (C=O) groups excluding carboxylic acids is 2. The van der Waals surface area contributed by atoms with Gasteiger partial charge in [0.1, 0.15) is 5.60 Å².